The molecule has 0 aliphatic heterocycles. The Morgan fingerprint density at radius 1 is 1.53 bits per heavy atom. The summed E-state index contributed by atoms with van der Waals surface area (Å²) in [6.45, 7) is 1.94. The standard InChI is InChI=1S/C12H13N3OS/c1-8(9-3-5-17-7-9)15-12(16)11-6-10(13)2-4-14-11/h2-8H,1H3,(H2,13,14)(H,15,16). The Morgan fingerprint density at radius 2 is 2.35 bits per heavy atom. The summed E-state index contributed by atoms with van der Waals surface area (Å²) in [6.07, 6.45) is 1.53. The van der Waals surface area contributed by atoms with Gasteiger partial charge in [-0.3, -0.25) is 9.78 Å². The second-order valence-corrected chi connectivity index (χ2v) is 4.51. The van der Waals surface area contributed by atoms with E-state index in [1.54, 1.807) is 23.5 Å². The van der Waals surface area contributed by atoms with E-state index in [-0.39, 0.29) is 11.9 Å². The maximum atomic E-state index is 11.9. The van der Waals surface area contributed by atoms with Crippen molar-refractivity contribution in [3.8, 4) is 0 Å². The molecular weight excluding hydrogens is 234 g/mol. The zero-order valence-corrected chi connectivity index (χ0v) is 10.2. The Balaban J connectivity index is 2.07. The van der Waals surface area contributed by atoms with Crippen LogP contribution in [0.1, 0.15) is 29.0 Å². The number of carbonyl (C=O) groups is 1. The molecule has 4 nitrogen and oxygen atoms in total. The van der Waals surface area contributed by atoms with Crippen molar-refractivity contribution in [3.63, 3.8) is 0 Å². The van der Waals surface area contributed by atoms with Gasteiger partial charge in [0, 0.05) is 11.9 Å². The highest BCUT2D eigenvalue weighted by Crippen LogP contribution is 2.16. The van der Waals surface area contributed by atoms with Gasteiger partial charge < -0.3 is 11.1 Å². The molecule has 5 heteroatoms. The quantitative estimate of drug-likeness (QED) is 0.873. The summed E-state index contributed by atoms with van der Waals surface area (Å²) in [7, 11) is 0. The number of carbonyl (C=O) groups excluding carboxylic acids is 1. The Labute approximate surface area is 103 Å². The number of amides is 1. The molecule has 1 unspecified atom stereocenters. The van der Waals surface area contributed by atoms with E-state index in [1.165, 1.54) is 6.20 Å². The molecule has 0 bridgehead atoms. The first-order chi connectivity index (χ1) is 8.16. The average Bonchev–Trinajstić information content (AvgIpc) is 2.82. The number of hydrogen-bond acceptors (Lipinski definition) is 4. The third kappa shape index (κ3) is 2.82. The lowest BCUT2D eigenvalue weighted by Crippen LogP contribution is -2.27. The van der Waals surface area contributed by atoms with E-state index in [2.05, 4.69) is 10.3 Å². The van der Waals surface area contributed by atoms with Crippen molar-refractivity contribution in [2.24, 2.45) is 0 Å². The highest BCUT2D eigenvalue weighted by Gasteiger charge is 2.12. The van der Waals surface area contributed by atoms with Crippen LogP contribution in [0.5, 0.6) is 0 Å². The fraction of sp³-hybridized carbons (Fsp3) is 0.167. The Kier molecular flexibility index (Phi) is 3.39. The van der Waals surface area contributed by atoms with Crippen LogP contribution in [0.4, 0.5) is 5.69 Å². The second kappa shape index (κ2) is 4.97. The van der Waals surface area contributed by atoms with Crippen LogP contribution in [0.3, 0.4) is 0 Å². The van der Waals surface area contributed by atoms with E-state index in [9.17, 15) is 4.79 Å². The number of nitrogens with one attached hydrogen (secondary N) is 1. The molecule has 0 aromatic carbocycles. The van der Waals surface area contributed by atoms with Gasteiger partial charge in [0.1, 0.15) is 5.69 Å². The number of nitrogens with zero attached hydrogens (tertiary/aromatic N) is 1. The first kappa shape index (κ1) is 11.6. The molecule has 1 amide bonds. The van der Waals surface area contributed by atoms with Crippen LogP contribution in [-0.4, -0.2) is 10.9 Å². The van der Waals surface area contributed by atoms with Gasteiger partial charge in [0.25, 0.3) is 5.91 Å². The summed E-state index contributed by atoms with van der Waals surface area (Å²) < 4.78 is 0. The third-order valence-corrected chi connectivity index (χ3v) is 3.11. The zero-order chi connectivity index (χ0) is 12.3. The smallest absolute Gasteiger partial charge is 0.270 e. The van der Waals surface area contributed by atoms with Crippen LogP contribution < -0.4 is 11.1 Å². The SMILES string of the molecule is CC(NC(=O)c1cc(N)ccn1)c1ccsc1. The van der Waals surface area contributed by atoms with Gasteiger partial charge in [0.15, 0.2) is 0 Å². The first-order valence-corrected chi connectivity index (χ1v) is 6.15. The van der Waals surface area contributed by atoms with Crippen molar-refractivity contribution in [1.29, 1.82) is 0 Å². The van der Waals surface area contributed by atoms with Gasteiger partial charge in [-0.15, -0.1) is 0 Å². The highest BCUT2D eigenvalue weighted by molar-refractivity contribution is 7.07. The number of nitrogens with two attached hydrogens (primary N) is 1. The zero-order valence-electron chi connectivity index (χ0n) is 9.38. The summed E-state index contributed by atoms with van der Waals surface area (Å²) in [5.41, 5.74) is 7.57. The summed E-state index contributed by atoms with van der Waals surface area (Å²) in [5, 5.41) is 6.87. The molecule has 0 saturated heterocycles. The minimum absolute atomic E-state index is 0.0306. The predicted octanol–water partition coefficient (Wildman–Crippen LogP) is 2.22. The van der Waals surface area contributed by atoms with E-state index >= 15 is 0 Å². The Morgan fingerprint density at radius 3 is 3.00 bits per heavy atom. The van der Waals surface area contributed by atoms with Gasteiger partial charge >= 0.3 is 0 Å². The number of pyridine rings is 1. The molecular formula is C12H13N3OS. The maximum Gasteiger partial charge on any atom is 0.270 e. The molecule has 0 saturated carbocycles. The maximum absolute atomic E-state index is 11.9. The van der Waals surface area contributed by atoms with Gasteiger partial charge in [-0.1, -0.05) is 0 Å². The van der Waals surface area contributed by atoms with E-state index in [0.29, 0.717) is 11.4 Å². The topological polar surface area (TPSA) is 68.0 Å². The lowest BCUT2D eigenvalue weighted by Gasteiger charge is -2.12. The lowest BCUT2D eigenvalue weighted by atomic mass is 10.2. The monoisotopic (exact) mass is 247 g/mol. The van der Waals surface area contributed by atoms with E-state index in [4.69, 9.17) is 5.73 Å². The van der Waals surface area contributed by atoms with E-state index in [1.807, 2.05) is 23.8 Å². The largest absolute Gasteiger partial charge is 0.399 e. The molecule has 2 aromatic rings. The van der Waals surface area contributed by atoms with E-state index < -0.39 is 0 Å². The molecule has 3 N–H and O–H groups in total. The van der Waals surface area contributed by atoms with Gasteiger partial charge in [0.2, 0.25) is 0 Å². The minimum Gasteiger partial charge on any atom is -0.399 e. The number of hydrogen-bond donors (Lipinski definition) is 2. The summed E-state index contributed by atoms with van der Waals surface area (Å²) in [6, 6.07) is 5.17. The first-order valence-electron chi connectivity index (χ1n) is 5.21. The summed E-state index contributed by atoms with van der Waals surface area (Å²) in [5.74, 6) is -0.212. The van der Waals surface area contributed by atoms with E-state index in [0.717, 1.165) is 5.56 Å². The van der Waals surface area contributed by atoms with Crippen LogP contribution in [0.15, 0.2) is 35.2 Å². The number of aromatic nitrogens is 1. The molecule has 2 rings (SSSR count). The average molecular weight is 247 g/mol. The van der Waals surface area contributed by atoms with Crippen molar-refractivity contribution in [3.05, 3.63) is 46.4 Å². The predicted molar refractivity (Wildman–Crippen MR) is 68.8 cm³/mol. The highest BCUT2D eigenvalue weighted by atomic mass is 32.1. The molecule has 17 heavy (non-hydrogen) atoms. The van der Waals surface area contributed by atoms with Crippen LogP contribution >= 0.6 is 11.3 Å². The molecule has 0 radical (unpaired) electrons. The fourth-order valence-corrected chi connectivity index (χ4v) is 2.20. The summed E-state index contributed by atoms with van der Waals surface area (Å²) >= 11 is 1.61. The van der Waals surface area contributed by atoms with Crippen LogP contribution in [0.2, 0.25) is 0 Å². The molecule has 2 heterocycles. The number of rotatable bonds is 3. The van der Waals surface area contributed by atoms with Crippen LogP contribution in [0.25, 0.3) is 0 Å². The summed E-state index contributed by atoms with van der Waals surface area (Å²) in [4.78, 5) is 15.9. The van der Waals surface area contributed by atoms with Crippen molar-refractivity contribution < 1.29 is 4.79 Å². The molecule has 88 valence electrons. The van der Waals surface area contributed by atoms with Gasteiger partial charge in [0.05, 0.1) is 6.04 Å². The molecule has 0 aliphatic rings. The fourth-order valence-electron chi connectivity index (χ4n) is 1.45. The van der Waals surface area contributed by atoms with Crippen LogP contribution in [-0.2, 0) is 0 Å². The van der Waals surface area contributed by atoms with Crippen molar-refractivity contribution in [2.75, 3.05) is 5.73 Å². The van der Waals surface area contributed by atoms with Gasteiger partial charge in [-0.25, -0.2) is 0 Å². The van der Waals surface area contributed by atoms with Crippen molar-refractivity contribution in [2.45, 2.75) is 13.0 Å². The van der Waals surface area contributed by atoms with Crippen molar-refractivity contribution >= 4 is 22.9 Å². The number of nitrogen functional groups attached to an aromatic ring is 1. The van der Waals surface area contributed by atoms with Gasteiger partial charge in [-0.2, -0.15) is 11.3 Å². The Bertz CT molecular complexity index is 510. The molecule has 2 aromatic heterocycles. The van der Waals surface area contributed by atoms with Gasteiger partial charge in [-0.05, 0) is 41.4 Å². The molecule has 1 atom stereocenters. The number of thiophene rings is 1. The number of anilines is 1. The lowest BCUT2D eigenvalue weighted by molar-refractivity contribution is 0.0935. The normalized spacial score (nSPS) is 12.1. The van der Waals surface area contributed by atoms with Crippen molar-refractivity contribution in [1.82, 2.24) is 10.3 Å². The minimum atomic E-state index is -0.212. The second-order valence-electron chi connectivity index (χ2n) is 3.73. The van der Waals surface area contributed by atoms with Crippen LogP contribution in [0, 0.1) is 0 Å². The Hall–Kier alpha value is -1.88. The molecule has 0 aliphatic carbocycles. The third-order valence-electron chi connectivity index (χ3n) is 2.41. The molecule has 0 fully saturated rings. The molecule has 0 spiro atoms.